The van der Waals surface area contributed by atoms with E-state index in [1.54, 1.807) is 6.20 Å². The van der Waals surface area contributed by atoms with E-state index >= 15 is 0 Å². The molecule has 8 heteroatoms. The average Bonchev–Trinajstić information content (AvgIpc) is 3.31. The third-order valence-corrected chi connectivity index (χ3v) is 6.30. The Balaban J connectivity index is 1.48. The first-order valence-corrected chi connectivity index (χ1v) is 11.2. The van der Waals surface area contributed by atoms with Gasteiger partial charge in [-0.2, -0.15) is 0 Å². The second kappa shape index (κ2) is 9.76. The van der Waals surface area contributed by atoms with Gasteiger partial charge in [0.25, 0.3) is 0 Å². The minimum Gasteiger partial charge on any atom is -0.395 e. The topological polar surface area (TPSA) is 86.2 Å². The van der Waals surface area contributed by atoms with Gasteiger partial charge in [0.05, 0.1) is 24.2 Å². The van der Waals surface area contributed by atoms with Crippen LogP contribution in [0.25, 0.3) is 5.57 Å². The lowest BCUT2D eigenvalue weighted by Gasteiger charge is -2.34. The molecule has 0 radical (unpaired) electrons. The Morgan fingerprint density at radius 1 is 1.30 bits per heavy atom. The Morgan fingerprint density at radius 3 is 2.83 bits per heavy atom. The van der Waals surface area contributed by atoms with Crippen LogP contribution in [0.15, 0.2) is 35.5 Å². The summed E-state index contributed by atoms with van der Waals surface area (Å²) in [4.78, 5) is 16.7. The zero-order valence-corrected chi connectivity index (χ0v) is 18.3. The second-order valence-electron chi connectivity index (χ2n) is 7.96. The third-order valence-electron chi connectivity index (χ3n) is 5.98. The van der Waals surface area contributed by atoms with Crippen LogP contribution in [-0.4, -0.2) is 52.3 Å². The highest BCUT2D eigenvalue weighted by Crippen LogP contribution is 2.38. The van der Waals surface area contributed by atoms with E-state index in [2.05, 4.69) is 51.1 Å². The maximum atomic E-state index is 9.39. The second-order valence-corrected chi connectivity index (χ2v) is 8.44. The van der Waals surface area contributed by atoms with Crippen LogP contribution in [0, 0.1) is 5.92 Å². The smallest absolute Gasteiger partial charge is 0.228 e. The van der Waals surface area contributed by atoms with Crippen molar-refractivity contribution in [2.24, 2.45) is 5.92 Å². The predicted octanol–water partition coefficient (Wildman–Crippen LogP) is 3.27. The van der Waals surface area contributed by atoms with Gasteiger partial charge in [-0.3, -0.25) is 0 Å². The van der Waals surface area contributed by atoms with Crippen LogP contribution in [-0.2, 0) is 0 Å². The van der Waals surface area contributed by atoms with Crippen molar-refractivity contribution in [2.75, 3.05) is 36.5 Å². The van der Waals surface area contributed by atoms with E-state index in [9.17, 15) is 5.11 Å². The molecule has 1 unspecified atom stereocenters. The molecule has 4 rings (SSSR count). The van der Waals surface area contributed by atoms with Crippen LogP contribution in [0.4, 0.5) is 17.5 Å². The van der Waals surface area contributed by atoms with Gasteiger partial charge in [0, 0.05) is 36.8 Å². The first-order chi connectivity index (χ1) is 14.7. The number of nitrogens with zero attached hydrogens (tertiary/aromatic N) is 4. The van der Waals surface area contributed by atoms with Crippen molar-refractivity contribution in [3.8, 4) is 0 Å². The van der Waals surface area contributed by atoms with Gasteiger partial charge in [-0.1, -0.05) is 18.9 Å². The van der Waals surface area contributed by atoms with Gasteiger partial charge < -0.3 is 20.6 Å². The molecule has 1 atom stereocenters. The predicted molar refractivity (Wildman–Crippen MR) is 124 cm³/mol. The van der Waals surface area contributed by atoms with E-state index in [-0.39, 0.29) is 12.6 Å². The minimum absolute atomic E-state index is 0.101. The molecule has 2 aromatic rings. The highest BCUT2D eigenvalue weighted by molar-refractivity contribution is 7.80. The molecule has 2 aromatic heterocycles. The molecular formula is C22H30N6OS. The van der Waals surface area contributed by atoms with E-state index in [4.69, 9.17) is 4.98 Å². The van der Waals surface area contributed by atoms with Gasteiger partial charge in [-0.05, 0) is 43.4 Å². The maximum Gasteiger partial charge on any atom is 0.228 e. The fraction of sp³-hybridized carbons (Fsp3) is 0.500. The van der Waals surface area contributed by atoms with E-state index in [1.165, 1.54) is 31.3 Å². The van der Waals surface area contributed by atoms with Crippen molar-refractivity contribution < 1.29 is 5.11 Å². The number of hydrogen-bond acceptors (Lipinski definition) is 8. The summed E-state index contributed by atoms with van der Waals surface area (Å²) in [5, 5.41) is 15.9. The number of anilines is 3. The molecule has 1 aliphatic carbocycles. The first-order valence-electron chi connectivity index (χ1n) is 10.7. The van der Waals surface area contributed by atoms with E-state index in [0.717, 1.165) is 35.9 Å². The van der Waals surface area contributed by atoms with Crippen LogP contribution in [0.2, 0.25) is 0 Å². The van der Waals surface area contributed by atoms with E-state index in [0.29, 0.717) is 17.7 Å². The number of aromatic nitrogens is 3. The van der Waals surface area contributed by atoms with Gasteiger partial charge in [-0.25, -0.2) is 15.0 Å². The summed E-state index contributed by atoms with van der Waals surface area (Å²) in [7, 11) is 0. The van der Waals surface area contributed by atoms with Crippen LogP contribution < -0.4 is 15.5 Å². The Morgan fingerprint density at radius 2 is 2.13 bits per heavy atom. The number of nitrogens with one attached hydrogen (secondary N) is 2. The van der Waals surface area contributed by atoms with Gasteiger partial charge in [0.1, 0.15) is 5.82 Å². The van der Waals surface area contributed by atoms with E-state index < -0.39 is 0 Å². The highest BCUT2D eigenvalue weighted by Gasteiger charge is 2.23. The Hall–Kier alpha value is -2.16. The molecule has 2 fully saturated rings. The molecule has 1 saturated heterocycles. The number of thiol groups is 1. The summed E-state index contributed by atoms with van der Waals surface area (Å²) < 4.78 is 0. The average molecular weight is 427 g/mol. The van der Waals surface area contributed by atoms with Gasteiger partial charge in [0.15, 0.2) is 0 Å². The van der Waals surface area contributed by atoms with Crippen molar-refractivity contribution in [2.45, 2.75) is 43.5 Å². The normalized spacial score (nSPS) is 20.6. The van der Waals surface area contributed by atoms with Crippen molar-refractivity contribution >= 4 is 35.7 Å². The van der Waals surface area contributed by atoms with Gasteiger partial charge in [-0.15, -0.1) is 12.6 Å². The number of aliphatic hydroxyl groups excluding tert-OH is 1. The molecule has 0 aromatic carbocycles. The van der Waals surface area contributed by atoms with Crippen molar-refractivity contribution in [1.29, 1.82) is 0 Å². The highest BCUT2D eigenvalue weighted by atomic mass is 32.1. The third kappa shape index (κ3) is 4.77. The summed E-state index contributed by atoms with van der Waals surface area (Å²) in [6, 6.07) is 4.08. The molecular weight excluding hydrogens is 396 g/mol. The molecule has 0 bridgehead atoms. The molecule has 160 valence electrons. The number of aliphatic hydroxyl groups is 1. The number of piperazine rings is 1. The van der Waals surface area contributed by atoms with E-state index in [1.807, 2.05) is 18.3 Å². The lowest BCUT2D eigenvalue weighted by atomic mass is 9.94. The van der Waals surface area contributed by atoms with Crippen LogP contribution in [0.3, 0.4) is 0 Å². The fourth-order valence-electron chi connectivity index (χ4n) is 4.39. The SMILES string of the molecule is C/C=C(/c1nc(Nc2ccc(N3CCNC(CO)C3)cn2)ncc1S)C1CCCC1. The van der Waals surface area contributed by atoms with Gasteiger partial charge >= 0.3 is 0 Å². The summed E-state index contributed by atoms with van der Waals surface area (Å²) in [6.45, 7) is 4.74. The lowest BCUT2D eigenvalue weighted by molar-refractivity contribution is 0.235. The Labute approximate surface area is 183 Å². The molecule has 7 nitrogen and oxygen atoms in total. The van der Waals surface area contributed by atoms with Crippen molar-refractivity contribution in [3.63, 3.8) is 0 Å². The molecule has 1 saturated carbocycles. The van der Waals surface area contributed by atoms with Crippen LogP contribution in [0.1, 0.15) is 38.3 Å². The van der Waals surface area contributed by atoms with Crippen molar-refractivity contribution in [1.82, 2.24) is 20.3 Å². The Kier molecular flexibility index (Phi) is 6.86. The number of allylic oxidation sites excluding steroid dienone is 2. The fourth-order valence-corrected chi connectivity index (χ4v) is 4.63. The molecule has 2 aliphatic rings. The largest absolute Gasteiger partial charge is 0.395 e. The van der Waals surface area contributed by atoms with Gasteiger partial charge in [0.2, 0.25) is 5.95 Å². The monoisotopic (exact) mass is 426 g/mol. The molecule has 3 N–H and O–H groups in total. The minimum atomic E-state index is 0.101. The summed E-state index contributed by atoms with van der Waals surface area (Å²) >= 11 is 4.61. The zero-order chi connectivity index (χ0) is 20.9. The quantitative estimate of drug-likeness (QED) is 0.528. The maximum absolute atomic E-state index is 9.39. The summed E-state index contributed by atoms with van der Waals surface area (Å²) in [5.74, 6) is 1.79. The molecule has 1 aliphatic heterocycles. The number of hydrogen-bond donors (Lipinski definition) is 4. The lowest BCUT2D eigenvalue weighted by Crippen LogP contribution is -2.52. The first kappa shape index (κ1) is 21.1. The van der Waals surface area contributed by atoms with Crippen LogP contribution >= 0.6 is 12.6 Å². The number of rotatable bonds is 6. The van der Waals surface area contributed by atoms with Crippen molar-refractivity contribution in [3.05, 3.63) is 36.3 Å². The molecule has 0 amide bonds. The zero-order valence-electron chi connectivity index (χ0n) is 17.4. The summed E-state index contributed by atoms with van der Waals surface area (Å²) in [6.07, 6.45) is 10.8. The Bertz CT molecular complexity index is 882. The molecule has 3 heterocycles. The standard InChI is InChI=1S/C22H30N6OS/c1-2-18(15-5-3-4-6-15)21-19(30)12-25-22(27-21)26-20-8-7-17(11-24-20)28-10-9-23-16(13-28)14-29/h2,7-8,11-12,15-16,23,29-30H,3-6,9-10,13-14H2,1H3,(H,24,25,26,27)/b18-2+. The summed E-state index contributed by atoms with van der Waals surface area (Å²) in [5.41, 5.74) is 3.23. The van der Waals surface area contributed by atoms with Crippen LogP contribution in [0.5, 0.6) is 0 Å². The molecule has 30 heavy (non-hydrogen) atoms. The number of pyridine rings is 1. The molecule has 0 spiro atoms.